The molecule has 268 valence electrons. The number of halogens is 6. The number of aliphatic carboxylic acids is 1. The molecular weight excluding hydrogens is 678 g/mol. The summed E-state index contributed by atoms with van der Waals surface area (Å²) >= 11 is 0. The van der Waals surface area contributed by atoms with E-state index in [1.54, 1.807) is 6.92 Å². The summed E-state index contributed by atoms with van der Waals surface area (Å²) in [6, 6.07) is 6.09. The molecule has 1 aliphatic rings. The Balaban J connectivity index is 1.84. The molecule has 3 N–H and O–H groups in total. The van der Waals surface area contributed by atoms with Crippen LogP contribution in [0.1, 0.15) is 78.8 Å². The van der Waals surface area contributed by atoms with Crippen LogP contribution in [0.5, 0.6) is 11.6 Å². The number of anilines is 1. The van der Waals surface area contributed by atoms with Gasteiger partial charge in [0.2, 0.25) is 5.88 Å². The molecule has 1 aromatic carbocycles. The molecule has 50 heavy (non-hydrogen) atoms. The summed E-state index contributed by atoms with van der Waals surface area (Å²) in [5.41, 5.74) is 2.21. The van der Waals surface area contributed by atoms with Crippen LogP contribution in [-0.2, 0) is 28.3 Å². The van der Waals surface area contributed by atoms with E-state index in [4.69, 9.17) is 30.3 Å². The predicted octanol–water partition coefficient (Wildman–Crippen LogP) is 6.21. The normalized spacial score (nSPS) is 17.4. The molecule has 0 saturated heterocycles. The number of methoxy groups -OCH3 is 1. The number of pyridine rings is 1. The van der Waals surface area contributed by atoms with Crippen LogP contribution in [0.4, 0.5) is 36.8 Å². The van der Waals surface area contributed by atoms with Crippen molar-refractivity contribution in [1.82, 2.24) is 15.0 Å². The molecule has 0 fully saturated rings. The third-order valence-corrected chi connectivity index (χ3v) is 7.87. The van der Waals surface area contributed by atoms with E-state index in [-0.39, 0.29) is 78.4 Å². The number of fused-ring (bicyclic) bond motifs is 1. The zero-order valence-electron chi connectivity index (χ0n) is 26.8. The van der Waals surface area contributed by atoms with E-state index in [9.17, 15) is 35.9 Å². The number of nitriles is 1. The van der Waals surface area contributed by atoms with E-state index in [1.807, 2.05) is 6.07 Å². The van der Waals surface area contributed by atoms with Gasteiger partial charge in [-0.15, -0.1) is 0 Å². The number of hydrogen-bond acceptors (Lipinski definition) is 10. The predicted molar refractivity (Wildman–Crippen MR) is 162 cm³/mol. The standard InChI is InChI=1S/C32H32F6N6O6/c1-3-30(40)16-21(27-23(6-7-25(43-27)48-2)44(30)29(47)50-11-8-26(45)46)28-41-17-24(49-10-5-4-9-39)22(42-28)14-18-12-19(31(33,34)35)15-20(13-18)32(36,37)38/h6-7,12-13,15,17,21H,3-5,8,10-11,14,16,40H2,1-2H3,(H,45,46)/t21-,30+/m0/s1. The summed E-state index contributed by atoms with van der Waals surface area (Å²) in [4.78, 5) is 38.9. The van der Waals surface area contributed by atoms with Gasteiger partial charge in [-0.05, 0) is 49.1 Å². The smallest absolute Gasteiger partial charge is 0.416 e. The maximum absolute atomic E-state index is 13.7. The van der Waals surface area contributed by atoms with Crippen molar-refractivity contribution in [2.75, 3.05) is 25.2 Å². The Bertz CT molecular complexity index is 1730. The highest BCUT2D eigenvalue weighted by Crippen LogP contribution is 2.46. The molecular formula is C32H32F6N6O6. The number of ether oxygens (including phenoxy) is 3. The minimum Gasteiger partial charge on any atom is -0.490 e. The first kappa shape index (κ1) is 37.6. The molecule has 4 rings (SSSR count). The Kier molecular flexibility index (Phi) is 11.4. The van der Waals surface area contributed by atoms with Gasteiger partial charge in [0.15, 0.2) is 5.75 Å². The van der Waals surface area contributed by atoms with Crippen molar-refractivity contribution in [2.24, 2.45) is 5.73 Å². The van der Waals surface area contributed by atoms with Crippen LogP contribution in [0.2, 0.25) is 0 Å². The van der Waals surface area contributed by atoms with Crippen molar-refractivity contribution in [3.63, 3.8) is 0 Å². The molecule has 12 nitrogen and oxygen atoms in total. The van der Waals surface area contributed by atoms with Crippen molar-refractivity contribution < 1.29 is 55.2 Å². The maximum atomic E-state index is 13.7. The second-order valence-corrected chi connectivity index (χ2v) is 11.3. The number of hydrogen-bond donors (Lipinski definition) is 2. The van der Waals surface area contributed by atoms with E-state index in [0.29, 0.717) is 12.1 Å². The minimum absolute atomic E-state index is 0.0107. The van der Waals surface area contributed by atoms with Gasteiger partial charge in [-0.1, -0.05) is 6.92 Å². The quantitative estimate of drug-likeness (QED) is 0.162. The number of unbranched alkanes of at least 4 members (excludes halogenated alkanes) is 1. The number of carboxylic acids is 1. The lowest BCUT2D eigenvalue weighted by Gasteiger charge is -2.46. The van der Waals surface area contributed by atoms with E-state index in [1.165, 1.54) is 25.4 Å². The summed E-state index contributed by atoms with van der Waals surface area (Å²) in [6.45, 7) is 1.22. The Hall–Kier alpha value is -5.18. The molecule has 2 atom stereocenters. The fraction of sp³-hybridized carbons (Fsp3) is 0.438. The molecule has 2 aromatic heterocycles. The number of amides is 1. The largest absolute Gasteiger partial charge is 0.490 e. The summed E-state index contributed by atoms with van der Waals surface area (Å²) in [5.74, 6) is -1.99. The van der Waals surface area contributed by atoms with E-state index < -0.39 is 66.6 Å². The van der Waals surface area contributed by atoms with Crippen molar-refractivity contribution in [3.05, 3.63) is 70.4 Å². The number of nitrogens with two attached hydrogens (primary N) is 1. The van der Waals surface area contributed by atoms with Crippen molar-refractivity contribution >= 4 is 17.7 Å². The van der Waals surface area contributed by atoms with Gasteiger partial charge in [-0.2, -0.15) is 31.6 Å². The summed E-state index contributed by atoms with van der Waals surface area (Å²) in [6.07, 6.45) is -10.4. The molecule has 0 spiro atoms. The van der Waals surface area contributed by atoms with Gasteiger partial charge in [-0.3, -0.25) is 9.69 Å². The Morgan fingerprint density at radius 2 is 1.78 bits per heavy atom. The van der Waals surface area contributed by atoms with Gasteiger partial charge in [0, 0.05) is 18.9 Å². The highest BCUT2D eigenvalue weighted by molar-refractivity contribution is 5.91. The van der Waals surface area contributed by atoms with E-state index in [2.05, 4.69) is 15.0 Å². The second-order valence-electron chi connectivity index (χ2n) is 11.3. The molecule has 1 aliphatic heterocycles. The third kappa shape index (κ3) is 8.69. The van der Waals surface area contributed by atoms with Crippen LogP contribution < -0.4 is 20.1 Å². The first-order valence-corrected chi connectivity index (χ1v) is 15.2. The van der Waals surface area contributed by atoms with Gasteiger partial charge >= 0.3 is 24.4 Å². The number of nitrogens with zero attached hydrogens (tertiary/aromatic N) is 5. The molecule has 0 bridgehead atoms. The molecule has 0 aliphatic carbocycles. The second kappa shape index (κ2) is 15.2. The number of benzene rings is 1. The van der Waals surface area contributed by atoms with Gasteiger partial charge < -0.3 is 25.1 Å². The number of carboxylic acid groups (broad SMARTS) is 1. The van der Waals surface area contributed by atoms with Crippen LogP contribution in [0, 0.1) is 11.3 Å². The van der Waals surface area contributed by atoms with Crippen molar-refractivity contribution in [1.29, 1.82) is 5.26 Å². The number of alkyl halides is 6. The Labute approximate surface area is 281 Å². The fourth-order valence-corrected chi connectivity index (χ4v) is 5.36. The monoisotopic (exact) mass is 710 g/mol. The Morgan fingerprint density at radius 3 is 2.36 bits per heavy atom. The van der Waals surface area contributed by atoms with Crippen LogP contribution >= 0.6 is 0 Å². The van der Waals surface area contributed by atoms with Crippen LogP contribution in [-0.4, -0.2) is 58.1 Å². The zero-order chi connectivity index (χ0) is 36.9. The first-order chi connectivity index (χ1) is 23.5. The lowest BCUT2D eigenvalue weighted by molar-refractivity contribution is -0.143. The van der Waals surface area contributed by atoms with Crippen LogP contribution in [0.3, 0.4) is 0 Å². The topological polar surface area (TPSA) is 174 Å². The van der Waals surface area contributed by atoms with E-state index >= 15 is 0 Å². The van der Waals surface area contributed by atoms with Crippen molar-refractivity contribution in [3.8, 4) is 17.7 Å². The molecule has 3 heterocycles. The summed E-state index contributed by atoms with van der Waals surface area (Å²) in [5, 5.41) is 17.9. The van der Waals surface area contributed by atoms with Crippen molar-refractivity contribution in [2.45, 2.75) is 69.4 Å². The lowest BCUT2D eigenvalue weighted by Crippen LogP contribution is -2.62. The molecule has 1 amide bonds. The number of carbonyl (C=O) groups excluding carboxylic acids is 1. The summed E-state index contributed by atoms with van der Waals surface area (Å²) < 4.78 is 98.2. The maximum Gasteiger partial charge on any atom is 0.416 e. The first-order valence-electron chi connectivity index (χ1n) is 15.2. The fourth-order valence-electron chi connectivity index (χ4n) is 5.36. The van der Waals surface area contributed by atoms with Gasteiger partial charge in [0.1, 0.15) is 18.1 Å². The number of aromatic nitrogens is 3. The number of rotatable bonds is 12. The van der Waals surface area contributed by atoms with Crippen LogP contribution in [0.25, 0.3) is 0 Å². The number of carbonyl (C=O) groups is 2. The van der Waals surface area contributed by atoms with Gasteiger partial charge in [0.05, 0.1) is 66.5 Å². The molecule has 0 radical (unpaired) electrons. The SMILES string of the molecule is CC[C@]1(N)C[C@H](c2ncc(OCCCC#N)c(Cc3cc(C(F)(F)F)cc(C(F)(F)F)c3)n2)c2nc(OC)ccc2N1C(=O)OCCC(=O)O. The average molecular weight is 711 g/mol. The lowest BCUT2D eigenvalue weighted by atomic mass is 9.83. The van der Waals surface area contributed by atoms with Gasteiger partial charge in [-0.25, -0.2) is 19.7 Å². The minimum atomic E-state index is -5.08. The Morgan fingerprint density at radius 1 is 1.10 bits per heavy atom. The molecule has 0 unspecified atom stereocenters. The third-order valence-electron chi connectivity index (χ3n) is 7.87. The summed E-state index contributed by atoms with van der Waals surface area (Å²) in [7, 11) is 1.35. The molecule has 0 saturated carbocycles. The highest BCUT2D eigenvalue weighted by atomic mass is 19.4. The molecule has 18 heteroatoms. The molecule has 3 aromatic rings. The van der Waals surface area contributed by atoms with Crippen LogP contribution in [0.15, 0.2) is 36.5 Å². The highest BCUT2D eigenvalue weighted by Gasteiger charge is 2.47. The average Bonchev–Trinajstić information content (AvgIpc) is 3.05. The zero-order valence-corrected chi connectivity index (χ0v) is 26.8. The van der Waals surface area contributed by atoms with Gasteiger partial charge in [0.25, 0.3) is 0 Å². The van der Waals surface area contributed by atoms with E-state index in [0.717, 1.165) is 4.90 Å².